The third kappa shape index (κ3) is 1.56. The zero-order valence-corrected chi connectivity index (χ0v) is 9.51. The van der Waals surface area contributed by atoms with Crippen molar-refractivity contribution < 1.29 is 0 Å². The molecule has 0 radical (unpaired) electrons. The second-order valence-electron chi connectivity index (χ2n) is 1.26. The molecule has 5 heteroatoms. The molecule has 0 aliphatic carbocycles. The molecule has 0 aromatic heterocycles. The summed E-state index contributed by atoms with van der Waals surface area (Å²) in [5.41, 5.74) is 11.1. The topological polar surface area (TPSA) is 52.0 Å². The van der Waals surface area contributed by atoms with Crippen LogP contribution in [0, 0.1) is 0 Å². The summed E-state index contributed by atoms with van der Waals surface area (Å²) in [7, 11) is -0.573. The van der Waals surface area contributed by atoms with Crippen LogP contribution in [-0.4, -0.2) is 26.1 Å². The third-order valence-electron chi connectivity index (χ3n) is 0.639. The van der Waals surface area contributed by atoms with Crippen LogP contribution in [0.4, 0.5) is 0 Å². The molecule has 0 amide bonds. The summed E-state index contributed by atoms with van der Waals surface area (Å²) in [6.07, 6.45) is 1.93. The fraction of sp³-hybridized carbons (Fsp3) is 0. The predicted octanol–water partition coefficient (Wildman–Crippen LogP) is -0.902. The summed E-state index contributed by atoms with van der Waals surface area (Å²) in [6, 6.07) is 0. The Hall–Kier alpha value is 1.14. The van der Waals surface area contributed by atoms with Gasteiger partial charge in [0.15, 0.2) is 0 Å². The van der Waals surface area contributed by atoms with Gasteiger partial charge in [-0.1, -0.05) is 0 Å². The van der Waals surface area contributed by atoms with E-state index in [4.69, 9.17) is 11.5 Å². The first-order valence-electron chi connectivity index (χ1n) is 1.88. The monoisotopic (exact) mass is 356 g/mol. The average Bonchev–Trinajstić information content (AvgIpc) is 1.85. The second kappa shape index (κ2) is 2.81. The van der Waals surface area contributed by atoms with Gasteiger partial charge in [0, 0.05) is 0 Å². The van der Waals surface area contributed by atoms with Gasteiger partial charge in [-0.15, -0.1) is 0 Å². The third-order valence-corrected chi connectivity index (χ3v) is 15.9. The maximum atomic E-state index is 5.59. The molecule has 1 rings (SSSR count). The molecule has 1 unspecified atom stereocenters. The van der Waals surface area contributed by atoms with Gasteiger partial charge in [0.2, 0.25) is 0 Å². The van der Waals surface area contributed by atoms with Crippen LogP contribution in [0.15, 0.2) is 10.7 Å². The molecule has 1 atom stereocenters. The van der Waals surface area contributed by atoms with Gasteiger partial charge in [-0.05, 0) is 0 Å². The van der Waals surface area contributed by atoms with Crippen LogP contribution in [0.1, 0.15) is 0 Å². The van der Waals surface area contributed by atoms with E-state index in [0.29, 0.717) is 13.1 Å². The molecule has 0 saturated carbocycles. The molecule has 46 valence electrons. The normalized spacial score (nSPS) is 28.5. The Balaban J connectivity index is 2.79. The van der Waals surface area contributed by atoms with Crippen molar-refractivity contribution in [3.8, 4) is 0 Å². The Bertz CT molecular complexity index is 174. The van der Waals surface area contributed by atoms with Crippen LogP contribution in [0.2, 0.25) is 0 Å². The quantitative estimate of drug-likeness (QED) is 0.438. The van der Waals surface area contributed by atoms with Gasteiger partial charge in [-0.2, -0.15) is 0 Å². The Morgan fingerprint density at radius 2 is 2.25 bits per heavy atom. The average molecular weight is 354 g/mol. The molecule has 4 N–H and O–H groups in total. The zero-order chi connectivity index (χ0) is 6.15. The molecular formula is C3H5IN2Se2. The van der Waals surface area contributed by atoms with Gasteiger partial charge in [-0.25, -0.2) is 0 Å². The summed E-state index contributed by atoms with van der Waals surface area (Å²) in [4.78, 5) is 0. The number of nitrogens with two attached hydrogens (primary N) is 2. The van der Waals surface area contributed by atoms with E-state index < -0.39 is 8.39 Å². The molecule has 0 spiro atoms. The number of hydrogen-bond donors (Lipinski definition) is 2. The first-order valence-corrected chi connectivity index (χ1v) is 13.2. The molecule has 0 aromatic rings. The minimum atomic E-state index is -0.573. The molecule has 2 nitrogen and oxygen atoms in total. The van der Waals surface area contributed by atoms with Gasteiger partial charge >= 0.3 is 68.5 Å². The van der Waals surface area contributed by atoms with Crippen LogP contribution in [0.25, 0.3) is 0 Å². The van der Waals surface area contributed by atoms with Crippen LogP contribution >= 0.6 is 20.3 Å². The summed E-state index contributed by atoms with van der Waals surface area (Å²) < 4.78 is 2.08. The van der Waals surface area contributed by atoms with Gasteiger partial charge in [0.1, 0.15) is 0 Å². The fourth-order valence-corrected chi connectivity index (χ4v) is 12.3. The fourth-order valence-electron chi connectivity index (χ4n) is 0.343. The van der Waals surface area contributed by atoms with Crippen LogP contribution in [0.3, 0.4) is 0 Å². The maximum absolute atomic E-state index is 5.59. The van der Waals surface area contributed by atoms with Crippen molar-refractivity contribution in [3.63, 3.8) is 0 Å². The standard InChI is InChI=1S/C3H5IN2Se2/c4-8-3(6)1-2(5)7-8/h1H,5-6H2. The Morgan fingerprint density at radius 1 is 1.62 bits per heavy atom. The van der Waals surface area contributed by atoms with Crippen LogP contribution < -0.4 is 11.5 Å². The van der Waals surface area contributed by atoms with Crippen molar-refractivity contribution in [1.29, 1.82) is 0 Å². The molecule has 8 heavy (non-hydrogen) atoms. The molecule has 1 aliphatic heterocycles. The molecule has 0 fully saturated rings. The number of rotatable bonds is 0. The molecule has 0 saturated heterocycles. The van der Waals surface area contributed by atoms with Gasteiger partial charge in [0.25, 0.3) is 0 Å². The van der Waals surface area contributed by atoms with E-state index >= 15 is 0 Å². The van der Waals surface area contributed by atoms with Crippen molar-refractivity contribution in [2.45, 2.75) is 0 Å². The van der Waals surface area contributed by atoms with Crippen molar-refractivity contribution in [2.24, 2.45) is 11.5 Å². The Morgan fingerprint density at radius 3 is 2.38 bits per heavy atom. The summed E-state index contributed by atoms with van der Waals surface area (Å²) >= 11 is 2.98. The molecule has 1 aliphatic rings. The van der Waals surface area contributed by atoms with E-state index in [-0.39, 0.29) is 0 Å². The number of hydrogen-bond acceptors (Lipinski definition) is 2. The van der Waals surface area contributed by atoms with Gasteiger partial charge in [0.05, 0.1) is 0 Å². The van der Waals surface area contributed by atoms with E-state index in [1.165, 1.54) is 0 Å². The first-order chi connectivity index (χ1) is 3.70. The second-order valence-corrected chi connectivity index (χ2v) is 21.5. The van der Waals surface area contributed by atoms with Crippen LogP contribution in [0.5, 0.6) is 0 Å². The minimum absolute atomic E-state index is 0.546. The van der Waals surface area contributed by atoms with E-state index in [0.717, 1.165) is 9.14 Å². The van der Waals surface area contributed by atoms with E-state index in [1.54, 1.807) is 0 Å². The molecule has 1 heterocycles. The molecular weight excluding hydrogens is 349 g/mol. The van der Waals surface area contributed by atoms with E-state index in [9.17, 15) is 0 Å². The number of halogens is 1. The van der Waals surface area contributed by atoms with Crippen molar-refractivity contribution >= 4 is 46.4 Å². The van der Waals surface area contributed by atoms with Gasteiger partial charge < -0.3 is 0 Å². The summed E-state index contributed by atoms with van der Waals surface area (Å²) in [5, 5.41) is 0. The van der Waals surface area contributed by atoms with Crippen molar-refractivity contribution in [2.75, 3.05) is 0 Å². The van der Waals surface area contributed by atoms with E-state index in [1.807, 2.05) is 6.08 Å². The Kier molecular flexibility index (Phi) is 2.55. The van der Waals surface area contributed by atoms with Crippen LogP contribution in [-0.2, 0) is 0 Å². The summed E-state index contributed by atoms with van der Waals surface area (Å²) in [6.45, 7) is 0. The first kappa shape index (κ1) is 7.25. The van der Waals surface area contributed by atoms with Crippen molar-refractivity contribution in [3.05, 3.63) is 10.7 Å². The molecule has 0 bridgehead atoms. The molecule has 0 aromatic carbocycles. The summed E-state index contributed by atoms with van der Waals surface area (Å²) in [5.74, 6) is 0. The van der Waals surface area contributed by atoms with Gasteiger partial charge in [-0.3, -0.25) is 0 Å². The Labute approximate surface area is 67.9 Å². The predicted molar refractivity (Wildman–Crippen MR) is 47.0 cm³/mol. The van der Waals surface area contributed by atoms with E-state index in [2.05, 4.69) is 20.3 Å². The zero-order valence-electron chi connectivity index (χ0n) is 3.93. The SMILES string of the molecule is NC1=CC(N)=[Se](I)[Se]1. The van der Waals surface area contributed by atoms with Crippen molar-refractivity contribution in [1.82, 2.24) is 0 Å².